The summed E-state index contributed by atoms with van der Waals surface area (Å²) < 4.78 is 16.1. The van der Waals surface area contributed by atoms with E-state index in [1.54, 1.807) is 6.92 Å². The summed E-state index contributed by atoms with van der Waals surface area (Å²) in [5.74, 6) is 0.301. The van der Waals surface area contributed by atoms with Crippen molar-refractivity contribution in [3.63, 3.8) is 0 Å². The molecule has 0 spiro atoms. The quantitative estimate of drug-likeness (QED) is 0.450. The molecule has 0 N–H and O–H groups in total. The van der Waals surface area contributed by atoms with E-state index in [9.17, 15) is 4.79 Å². The van der Waals surface area contributed by atoms with Gasteiger partial charge in [-0.15, -0.1) is 0 Å². The third kappa shape index (κ3) is 5.06. The highest BCUT2D eigenvalue weighted by Gasteiger charge is 2.39. The first-order valence-electron chi connectivity index (χ1n) is 7.43. The van der Waals surface area contributed by atoms with Gasteiger partial charge in [0, 0.05) is 12.2 Å². The zero-order valence-electron chi connectivity index (χ0n) is 14.5. The summed E-state index contributed by atoms with van der Waals surface area (Å²) in [6, 6.07) is 0. The average molecular weight is 326 g/mol. The molecule has 7 heteroatoms. The summed E-state index contributed by atoms with van der Waals surface area (Å²) in [7, 11) is -1.90. The van der Waals surface area contributed by atoms with E-state index in [0.29, 0.717) is 12.4 Å². The van der Waals surface area contributed by atoms with Crippen molar-refractivity contribution in [1.29, 1.82) is 0 Å². The van der Waals surface area contributed by atoms with Crippen LogP contribution in [0.2, 0.25) is 18.1 Å². The molecule has 0 saturated carbocycles. The van der Waals surface area contributed by atoms with Crippen LogP contribution in [0.5, 0.6) is 0 Å². The number of hydrogen-bond acceptors (Lipinski definition) is 6. The first kappa shape index (κ1) is 18.6. The fraction of sp³-hybridized carbons (Fsp3) is 0.667. The van der Waals surface area contributed by atoms with Crippen molar-refractivity contribution in [2.75, 3.05) is 6.61 Å². The van der Waals surface area contributed by atoms with Crippen LogP contribution < -0.4 is 0 Å². The summed E-state index contributed by atoms with van der Waals surface area (Å²) in [5, 5.41) is 4.02. The van der Waals surface area contributed by atoms with E-state index in [-0.39, 0.29) is 17.0 Å². The summed E-state index contributed by atoms with van der Waals surface area (Å²) in [4.78, 5) is 15.5. The molecule has 124 valence electrons. The minimum absolute atomic E-state index is 0.109. The van der Waals surface area contributed by atoms with Gasteiger partial charge >= 0.3 is 5.97 Å². The first-order chi connectivity index (χ1) is 10.1. The zero-order chi connectivity index (χ0) is 17.0. The maximum absolute atomic E-state index is 11.2. The van der Waals surface area contributed by atoms with E-state index >= 15 is 0 Å². The first-order valence-corrected chi connectivity index (χ1v) is 10.3. The van der Waals surface area contributed by atoms with Gasteiger partial charge < -0.3 is 13.7 Å². The van der Waals surface area contributed by atoms with Gasteiger partial charge in [0.05, 0.1) is 6.61 Å². The Hall–Kier alpha value is -1.47. The maximum Gasteiger partial charge on any atom is 0.330 e. The van der Waals surface area contributed by atoms with Crippen LogP contribution in [-0.4, -0.2) is 31.0 Å². The molecule has 0 aliphatic heterocycles. The van der Waals surface area contributed by atoms with Gasteiger partial charge in [0.25, 0.3) is 5.89 Å². The van der Waals surface area contributed by atoms with E-state index in [1.807, 2.05) is 6.92 Å². The Labute approximate surface area is 133 Å². The number of rotatable bonds is 6. The summed E-state index contributed by atoms with van der Waals surface area (Å²) in [6.45, 7) is 14.9. The van der Waals surface area contributed by atoms with Gasteiger partial charge in [-0.1, -0.05) is 25.9 Å². The van der Waals surface area contributed by atoms with E-state index in [2.05, 4.69) is 44.0 Å². The average Bonchev–Trinajstić information content (AvgIpc) is 2.83. The Morgan fingerprint density at radius 3 is 2.59 bits per heavy atom. The highest BCUT2D eigenvalue weighted by Crippen LogP contribution is 2.39. The van der Waals surface area contributed by atoms with Crippen LogP contribution in [0.25, 0.3) is 6.08 Å². The standard InChI is InChI=1S/C15H26N2O4Si/c1-8-19-13(18)10-9-12-16-14(17-20-12)11(2)21-22(6,7)15(3,4)5/h9-11H,8H2,1-7H3/b10-9+/t11-/m1/s1. The van der Waals surface area contributed by atoms with Crippen molar-refractivity contribution in [3.05, 3.63) is 17.8 Å². The van der Waals surface area contributed by atoms with Gasteiger partial charge in [0.1, 0.15) is 6.10 Å². The van der Waals surface area contributed by atoms with Crippen molar-refractivity contribution < 1.29 is 18.5 Å². The van der Waals surface area contributed by atoms with E-state index in [4.69, 9.17) is 13.7 Å². The zero-order valence-corrected chi connectivity index (χ0v) is 15.5. The second-order valence-corrected chi connectivity index (χ2v) is 11.4. The smallest absolute Gasteiger partial charge is 0.330 e. The van der Waals surface area contributed by atoms with E-state index < -0.39 is 14.3 Å². The molecule has 0 saturated heterocycles. The summed E-state index contributed by atoms with van der Waals surface area (Å²) >= 11 is 0. The molecule has 6 nitrogen and oxygen atoms in total. The second kappa shape index (κ2) is 7.19. The molecule has 0 bridgehead atoms. The van der Waals surface area contributed by atoms with Crippen LogP contribution in [0.3, 0.4) is 0 Å². The van der Waals surface area contributed by atoms with Crippen LogP contribution in [0.15, 0.2) is 10.6 Å². The molecule has 1 aromatic rings. The number of hydrogen-bond donors (Lipinski definition) is 0. The molecule has 0 aliphatic rings. The number of carbonyl (C=O) groups is 1. The van der Waals surface area contributed by atoms with Gasteiger partial charge in [-0.2, -0.15) is 4.98 Å². The Kier molecular flexibility index (Phi) is 6.07. The summed E-state index contributed by atoms with van der Waals surface area (Å²) in [6.07, 6.45) is 2.45. The highest BCUT2D eigenvalue weighted by atomic mass is 28.4. The van der Waals surface area contributed by atoms with Crippen molar-refractivity contribution in [2.24, 2.45) is 0 Å². The number of esters is 1. The Morgan fingerprint density at radius 1 is 1.41 bits per heavy atom. The number of aromatic nitrogens is 2. The SMILES string of the molecule is CCOC(=O)/C=C/c1nc([C@@H](C)O[Si](C)(C)C(C)(C)C)no1. The van der Waals surface area contributed by atoms with Gasteiger partial charge in [-0.3, -0.25) is 0 Å². The Balaban J connectivity index is 2.73. The van der Waals surface area contributed by atoms with Crippen molar-refractivity contribution in [2.45, 2.75) is 58.9 Å². The van der Waals surface area contributed by atoms with Crippen LogP contribution in [0.1, 0.15) is 52.4 Å². The third-order valence-corrected chi connectivity index (χ3v) is 8.30. The lowest BCUT2D eigenvalue weighted by atomic mass is 10.2. The van der Waals surface area contributed by atoms with Crippen molar-refractivity contribution in [3.8, 4) is 0 Å². The minimum atomic E-state index is -1.90. The van der Waals surface area contributed by atoms with Crippen LogP contribution in [-0.2, 0) is 14.0 Å². The molecular formula is C15H26N2O4Si. The Bertz CT molecular complexity index is 532. The summed E-state index contributed by atoms with van der Waals surface area (Å²) in [5.41, 5.74) is 0. The monoisotopic (exact) mass is 326 g/mol. The molecule has 0 radical (unpaired) electrons. The van der Waals surface area contributed by atoms with Crippen LogP contribution in [0, 0.1) is 0 Å². The molecule has 1 rings (SSSR count). The van der Waals surface area contributed by atoms with Crippen LogP contribution >= 0.6 is 0 Å². The molecule has 0 aromatic carbocycles. The van der Waals surface area contributed by atoms with Gasteiger partial charge in [0.2, 0.25) is 0 Å². The number of nitrogens with zero attached hydrogens (tertiary/aromatic N) is 2. The van der Waals surface area contributed by atoms with E-state index in [1.165, 1.54) is 12.2 Å². The highest BCUT2D eigenvalue weighted by molar-refractivity contribution is 6.74. The molecule has 1 heterocycles. The predicted octanol–water partition coefficient (Wildman–Crippen LogP) is 3.73. The number of carbonyl (C=O) groups excluding carboxylic acids is 1. The van der Waals surface area contributed by atoms with Gasteiger partial charge in [-0.05, 0) is 32.0 Å². The van der Waals surface area contributed by atoms with Gasteiger partial charge in [0.15, 0.2) is 14.1 Å². The van der Waals surface area contributed by atoms with Crippen molar-refractivity contribution in [1.82, 2.24) is 10.1 Å². The molecule has 0 aliphatic carbocycles. The molecule has 0 amide bonds. The molecule has 0 fully saturated rings. The predicted molar refractivity (Wildman–Crippen MR) is 86.7 cm³/mol. The minimum Gasteiger partial charge on any atom is -0.463 e. The molecular weight excluding hydrogens is 300 g/mol. The topological polar surface area (TPSA) is 74.5 Å². The fourth-order valence-electron chi connectivity index (χ4n) is 1.48. The van der Waals surface area contributed by atoms with E-state index in [0.717, 1.165) is 0 Å². The third-order valence-electron chi connectivity index (χ3n) is 3.75. The lowest BCUT2D eigenvalue weighted by Gasteiger charge is -2.37. The van der Waals surface area contributed by atoms with Crippen molar-refractivity contribution >= 4 is 20.4 Å². The number of ether oxygens (including phenoxy) is 1. The fourth-order valence-corrected chi connectivity index (χ4v) is 2.82. The largest absolute Gasteiger partial charge is 0.463 e. The maximum atomic E-state index is 11.2. The molecule has 1 aromatic heterocycles. The lowest BCUT2D eigenvalue weighted by Crippen LogP contribution is -2.41. The molecule has 22 heavy (non-hydrogen) atoms. The molecule has 1 atom stereocenters. The van der Waals surface area contributed by atoms with Gasteiger partial charge in [-0.25, -0.2) is 4.79 Å². The van der Waals surface area contributed by atoms with Crippen LogP contribution in [0.4, 0.5) is 0 Å². The lowest BCUT2D eigenvalue weighted by molar-refractivity contribution is -0.137. The molecule has 0 unspecified atom stereocenters. The Morgan fingerprint density at radius 2 is 2.05 bits per heavy atom. The second-order valence-electron chi connectivity index (χ2n) is 6.60. The normalized spacial score (nSPS) is 14.3.